The summed E-state index contributed by atoms with van der Waals surface area (Å²) in [5.41, 5.74) is 8.80. The van der Waals surface area contributed by atoms with Gasteiger partial charge in [-0.2, -0.15) is 0 Å². The van der Waals surface area contributed by atoms with E-state index in [2.05, 4.69) is 10.3 Å². The maximum atomic E-state index is 12.3. The Kier molecular flexibility index (Phi) is 7.04. The number of hydrazine groups is 1. The van der Waals surface area contributed by atoms with Crippen LogP contribution in [-0.2, 0) is 4.74 Å². The molecule has 0 bridgehead atoms. The number of nitrogens with zero attached hydrogens (tertiary/aromatic N) is 2. The molecule has 1 aliphatic rings. The molecule has 3 N–H and O–H groups in total. The second kappa shape index (κ2) is 9.02. The minimum atomic E-state index is -0.324. The number of amides is 1. The molecule has 1 aromatic carbocycles. The van der Waals surface area contributed by atoms with Crippen LogP contribution in [0.1, 0.15) is 16.8 Å². The summed E-state index contributed by atoms with van der Waals surface area (Å²) in [6, 6.07) is 6.85. The fraction of sp³-hybridized carbons (Fsp3) is 0.467. The second-order valence-electron chi connectivity index (χ2n) is 5.22. The van der Waals surface area contributed by atoms with Gasteiger partial charge in [0, 0.05) is 26.2 Å². The van der Waals surface area contributed by atoms with Crippen molar-refractivity contribution in [1.29, 1.82) is 0 Å². The Balaban J connectivity index is 1.84. The van der Waals surface area contributed by atoms with Crippen molar-refractivity contribution in [2.75, 3.05) is 39.4 Å². The van der Waals surface area contributed by atoms with Crippen molar-refractivity contribution in [1.82, 2.24) is 15.3 Å². The van der Waals surface area contributed by atoms with E-state index in [1.807, 2.05) is 0 Å². The van der Waals surface area contributed by atoms with E-state index in [4.69, 9.17) is 34.3 Å². The third-order valence-electron chi connectivity index (χ3n) is 3.58. The summed E-state index contributed by atoms with van der Waals surface area (Å²) in [7, 11) is 0. The summed E-state index contributed by atoms with van der Waals surface area (Å²) in [6.45, 7) is 4.84. The molecule has 0 atom stereocenters. The lowest BCUT2D eigenvalue weighted by Crippen LogP contribution is -2.50. The van der Waals surface area contributed by atoms with Crippen molar-refractivity contribution in [3.8, 4) is 0 Å². The van der Waals surface area contributed by atoms with Crippen LogP contribution in [0.25, 0.3) is 0 Å². The molecule has 8 heteroatoms. The largest absolute Gasteiger partial charge is 0.379 e. The van der Waals surface area contributed by atoms with Crippen LogP contribution < -0.4 is 11.2 Å². The number of ether oxygens (including phenoxy) is 1. The number of nitrogens with one attached hydrogen (secondary N) is 1. The Bertz CT molecular complexity index is 552. The number of carbonyl (C=O) groups is 1. The Hall–Kier alpha value is -1.41. The summed E-state index contributed by atoms with van der Waals surface area (Å²) in [5.74, 6) is -0.324. The lowest BCUT2D eigenvalue weighted by molar-refractivity contribution is 0.0364. The van der Waals surface area contributed by atoms with Crippen LogP contribution in [0.5, 0.6) is 0 Å². The van der Waals surface area contributed by atoms with Gasteiger partial charge in [0.25, 0.3) is 5.91 Å². The van der Waals surface area contributed by atoms with E-state index in [1.165, 1.54) is 5.01 Å². The van der Waals surface area contributed by atoms with Gasteiger partial charge in [-0.1, -0.05) is 23.7 Å². The minimum absolute atomic E-state index is 0.132. The molecule has 2 rings (SSSR count). The molecular formula is C15H21ClN4O2S. The molecule has 1 aromatic rings. The van der Waals surface area contributed by atoms with Crippen LogP contribution in [0, 0.1) is 0 Å². The lowest BCUT2D eigenvalue weighted by atomic mass is 10.2. The highest BCUT2D eigenvalue weighted by Crippen LogP contribution is 2.14. The fourth-order valence-electron chi connectivity index (χ4n) is 2.33. The fourth-order valence-corrected chi connectivity index (χ4v) is 2.69. The number of hydrogen-bond donors (Lipinski definition) is 2. The third-order valence-corrected chi connectivity index (χ3v) is 4.13. The second-order valence-corrected chi connectivity index (χ2v) is 6.04. The maximum absolute atomic E-state index is 12.3. The van der Waals surface area contributed by atoms with Gasteiger partial charge in [0.15, 0.2) is 5.11 Å². The highest BCUT2D eigenvalue weighted by molar-refractivity contribution is 7.80. The van der Waals surface area contributed by atoms with Gasteiger partial charge in [-0.15, -0.1) is 0 Å². The number of hydrogen-bond acceptors (Lipinski definition) is 4. The van der Waals surface area contributed by atoms with Gasteiger partial charge in [-0.3, -0.25) is 20.1 Å². The van der Waals surface area contributed by atoms with Crippen LogP contribution in [0.3, 0.4) is 0 Å². The minimum Gasteiger partial charge on any atom is -0.379 e. The smallest absolute Gasteiger partial charge is 0.271 e. The predicted octanol–water partition coefficient (Wildman–Crippen LogP) is 1.25. The summed E-state index contributed by atoms with van der Waals surface area (Å²) < 4.78 is 5.32. The molecule has 0 radical (unpaired) electrons. The zero-order valence-electron chi connectivity index (χ0n) is 12.8. The molecule has 0 aromatic heterocycles. The molecule has 0 unspecified atom stereocenters. The van der Waals surface area contributed by atoms with Gasteiger partial charge in [-0.05, 0) is 30.8 Å². The van der Waals surface area contributed by atoms with Crippen LogP contribution in [-0.4, -0.2) is 60.3 Å². The molecule has 6 nitrogen and oxygen atoms in total. The van der Waals surface area contributed by atoms with Crippen molar-refractivity contribution in [2.24, 2.45) is 5.73 Å². The summed E-state index contributed by atoms with van der Waals surface area (Å²) in [5, 5.41) is 2.01. The molecule has 1 fully saturated rings. The quantitative estimate of drug-likeness (QED) is 0.611. The lowest BCUT2D eigenvalue weighted by Gasteiger charge is -2.28. The summed E-state index contributed by atoms with van der Waals surface area (Å²) >= 11 is 11.0. The average Bonchev–Trinajstić information content (AvgIpc) is 2.55. The number of halogens is 1. The standard InChI is InChI=1S/C15H21ClN4O2S/c16-13-5-2-1-4-12(13)14(21)18-20(15(17)23)7-3-6-19-8-10-22-11-9-19/h1-2,4-5H,3,6-11H2,(H2,17,23)(H,18,21). The third kappa shape index (κ3) is 5.62. The van der Waals surface area contributed by atoms with Gasteiger partial charge in [0.05, 0.1) is 23.8 Å². The van der Waals surface area contributed by atoms with Crippen LogP contribution in [0.2, 0.25) is 5.02 Å². The first kappa shape index (κ1) is 17.9. The molecule has 0 spiro atoms. The van der Waals surface area contributed by atoms with Gasteiger partial charge in [0.2, 0.25) is 0 Å². The number of benzene rings is 1. The zero-order valence-corrected chi connectivity index (χ0v) is 14.4. The number of nitrogens with two attached hydrogens (primary N) is 1. The molecule has 126 valence electrons. The van der Waals surface area contributed by atoms with Crippen molar-refractivity contribution < 1.29 is 9.53 Å². The van der Waals surface area contributed by atoms with Crippen molar-refractivity contribution >= 4 is 34.8 Å². The van der Waals surface area contributed by atoms with Crippen LogP contribution in [0.4, 0.5) is 0 Å². The van der Waals surface area contributed by atoms with Crippen LogP contribution in [0.15, 0.2) is 24.3 Å². The summed E-state index contributed by atoms with van der Waals surface area (Å²) in [4.78, 5) is 14.6. The molecule has 0 saturated carbocycles. The number of carbonyl (C=O) groups excluding carboxylic acids is 1. The molecule has 23 heavy (non-hydrogen) atoms. The highest BCUT2D eigenvalue weighted by Gasteiger charge is 2.16. The normalized spacial score (nSPS) is 15.2. The number of morpholine rings is 1. The Labute approximate surface area is 146 Å². The van der Waals surface area contributed by atoms with Crippen molar-refractivity contribution in [3.05, 3.63) is 34.9 Å². The first-order valence-electron chi connectivity index (χ1n) is 7.50. The van der Waals surface area contributed by atoms with Gasteiger partial charge in [-0.25, -0.2) is 0 Å². The molecule has 0 aliphatic carbocycles. The van der Waals surface area contributed by atoms with E-state index < -0.39 is 0 Å². The molecule has 1 heterocycles. The number of rotatable bonds is 5. The van der Waals surface area contributed by atoms with E-state index in [0.717, 1.165) is 39.3 Å². The van der Waals surface area contributed by atoms with Crippen LogP contribution >= 0.6 is 23.8 Å². The Morgan fingerprint density at radius 3 is 2.74 bits per heavy atom. The van der Waals surface area contributed by atoms with E-state index in [-0.39, 0.29) is 11.0 Å². The van der Waals surface area contributed by atoms with E-state index in [1.54, 1.807) is 24.3 Å². The van der Waals surface area contributed by atoms with E-state index in [0.29, 0.717) is 17.1 Å². The molecule has 1 aliphatic heterocycles. The van der Waals surface area contributed by atoms with Gasteiger partial charge >= 0.3 is 0 Å². The monoisotopic (exact) mass is 356 g/mol. The SMILES string of the molecule is NC(=S)N(CCCN1CCOCC1)NC(=O)c1ccccc1Cl. The molecule has 1 amide bonds. The first-order valence-corrected chi connectivity index (χ1v) is 8.29. The Morgan fingerprint density at radius 2 is 2.09 bits per heavy atom. The zero-order chi connectivity index (χ0) is 16.7. The van der Waals surface area contributed by atoms with Crippen molar-refractivity contribution in [2.45, 2.75) is 6.42 Å². The average molecular weight is 357 g/mol. The molecule has 1 saturated heterocycles. The highest BCUT2D eigenvalue weighted by atomic mass is 35.5. The summed E-state index contributed by atoms with van der Waals surface area (Å²) in [6.07, 6.45) is 0.833. The van der Waals surface area contributed by atoms with Crippen molar-refractivity contribution in [3.63, 3.8) is 0 Å². The van der Waals surface area contributed by atoms with E-state index >= 15 is 0 Å². The number of thiocarbonyl (C=S) groups is 1. The molecular weight excluding hydrogens is 336 g/mol. The maximum Gasteiger partial charge on any atom is 0.271 e. The first-order chi connectivity index (χ1) is 11.1. The van der Waals surface area contributed by atoms with E-state index in [9.17, 15) is 4.79 Å². The van der Waals surface area contributed by atoms with Gasteiger partial charge < -0.3 is 10.5 Å². The van der Waals surface area contributed by atoms with Gasteiger partial charge in [0.1, 0.15) is 0 Å². The Morgan fingerprint density at radius 1 is 1.39 bits per heavy atom. The predicted molar refractivity (Wildman–Crippen MR) is 94.3 cm³/mol. The topological polar surface area (TPSA) is 70.8 Å².